The lowest BCUT2D eigenvalue weighted by molar-refractivity contribution is 0.282. The van der Waals surface area contributed by atoms with E-state index < -0.39 is 0 Å². The van der Waals surface area contributed by atoms with Gasteiger partial charge in [0.15, 0.2) is 0 Å². The molecule has 0 heterocycles. The van der Waals surface area contributed by atoms with Crippen LogP contribution < -0.4 is 9.47 Å². The number of rotatable bonds is 6. The molecule has 224 valence electrons. The van der Waals surface area contributed by atoms with Crippen molar-refractivity contribution in [3.8, 4) is 33.8 Å². The van der Waals surface area contributed by atoms with E-state index in [0.29, 0.717) is 28.5 Å². The number of methoxy groups -OCH3 is 2. The molecule has 0 bridgehead atoms. The molecule has 0 unspecified atom stereocenters. The van der Waals surface area contributed by atoms with Crippen molar-refractivity contribution in [2.24, 2.45) is 0 Å². The lowest BCUT2D eigenvalue weighted by Gasteiger charge is -2.24. The van der Waals surface area contributed by atoms with E-state index in [9.17, 15) is 13.9 Å². The predicted molar refractivity (Wildman–Crippen MR) is 170 cm³/mol. The fourth-order valence-electron chi connectivity index (χ4n) is 4.79. The van der Waals surface area contributed by atoms with Gasteiger partial charge in [0.1, 0.15) is 23.1 Å². The third-order valence-corrected chi connectivity index (χ3v) is 7.36. The van der Waals surface area contributed by atoms with Gasteiger partial charge in [0.05, 0.1) is 20.8 Å². The zero-order valence-corrected chi connectivity index (χ0v) is 26.5. The molecule has 0 saturated heterocycles. The van der Waals surface area contributed by atoms with Crippen LogP contribution in [0.25, 0.3) is 22.3 Å². The maximum absolute atomic E-state index is 14.3. The van der Waals surface area contributed by atoms with Gasteiger partial charge in [-0.2, -0.15) is 0 Å². The van der Waals surface area contributed by atoms with Crippen LogP contribution in [0.1, 0.15) is 63.8 Å². The summed E-state index contributed by atoms with van der Waals surface area (Å²) in [6.07, 6.45) is 0. The molecule has 4 aromatic carbocycles. The smallest absolute Gasteiger partial charge is 0.131 e. The lowest BCUT2D eigenvalue weighted by atomic mass is 9.81. The van der Waals surface area contributed by atoms with Crippen molar-refractivity contribution in [1.82, 2.24) is 0 Å². The first-order chi connectivity index (χ1) is 19.7. The van der Waals surface area contributed by atoms with Crippen LogP contribution in [0.2, 0.25) is 0 Å². The highest BCUT2D eigenvalue weighted by Gasteiger charge is 2.22. The molecular weight excluding hydrogens is 554 g/mol. The Kier molecular flexibility index (Phi) is 10.8. The molecule has 0 radical (unpaired) electrons. The SMILES string of the molecule is COc1ccc(F)c(-c2cc(CCl)ccc2C(C)(C)C)c1.COc1ccc(F)c(-c2cc(CO)ccc2C(C)(C)C)c1. The molecule has 4 aromatic rings. The molecule has 0 amide bonds. The van der Waals surface area contributed by atoms with Crippen LogP contribution in [0.15, 0.2) is 72.8 Å². The number of hydrogen-bond acceptors (Lipinski definition) is 3. The molecule has 0 aliphatic rings. The quantitative estimate of drug-likeness (QED) is 0.226. The van der Waals surface area contributed by atoms with E-state index in [0.717, 1.165) is 33.4 Å². The molecule has 42 heavy (non-hydrogen) atoms. The van der Waals surface area contributed by atoms with E-state index in [1.807, 2.05) is 36.4 Å². The second kappa shape index (κ2) is 13.7. The third-order valence-electron chi connectivity index (χ3n) is 7.05. The van der Waals surface area contributed by atoms with Crippen molar-refractivity contribution in [1.29, 1.82) is 0 Å². The zero-order chi connectivity index (χ0) is 31.2. The van der Waals surface area contributed by atoms with Crippen molar-refractivity contribution in [2.45, 2.75) is 64.9 Å². The van der Waals surface area contributed by atoms with Gasteiger partial charge >= 0.3 is 0 Å². The molecule has 0 aliphatic carbocycles. The van der Waals surface area contributed by atoms with Crippen LogP contribution in [0.4, 0.5) is 8.78 Å². The fourth-order valence-corrected chi connectivity index (χ4v) is 4.96. The summed E-state index contributed by atoms with van der Waals surface area (Å²) in [7, 11) is 3.14. The molecule has 0 atom stereocenters. The maximum Gasteiger partial charge on any atom is 0.131 e. The topological polar surface area (TPSA) is 38.7 Å². The molecule has 4 rings (SSSR count). The van der Waals surface area contributed by atoms with Gasteiger partial charge < -0.3 is 14.6 Å². The van der Waals surface area contributed by atoms with E-state index in [-0.39, 0.29) is 29.1 Å². The first-order valence-electron chi connectivity index (χ1n) is 13.8. The summed E-state index contributed by atoms with van der Waals surface area (Å²) in [5.41, 5.74) is 6.36. The third kappa shape index (κ3) is 7.90. The summed E-state index contributed by atoms with van der Waals surface area (Å²) >= 11 is 5.93. The standard InChI is InChI=1S/C18H20ClFO.C18H21FO2/c1-18(2,3)16-7-5-12(11-19)9-14(16)15-10-13(21-4)6-8-17(15)20;1-18(2,3)16-7-5-12(11-20)9-14(16)15-10-13(21-4)6-8-17(15)19/h5-10H,11H2,1-4H3;5-10,20H,11H2,1-4H3. The van der Waals surface area contributed by atoms with Crippen LogP contribution in [-0.2, 0) is 23.3 Å². The number of ether oxygens (including phenoxy) is 2. The van der Waals surface area contributed by atoms with Crippen LogP contribution in [-0.4, -0.2) is 19.3 Å². The molecule has 0 saturated carbocycles. The summed E-state index contributed by atoms with van der Waals surface area (Å²) in [5.74, 6) is 1.11. The fraction of sp³-hybridized carbons (Fsp3) is 0.333. The molecule has 0 aromatic heterocycles. The van der Waals surface area contributed by atoms with Crippen molar-refractivity contribution in [3.63, 3.8) is 0 Å². The number of aliphatic hydroxyl groups is 1. The zero-order valence-electron chi connectivity index (χ0n) is 25.7. The Balaban J connectivity index is 0.000000230. The molecule has 0 spiro atoms. The average molecular weight is 595 g/mol. The number of benzene rings is 4. The monoisotopic (exact) mass is 594 g/mol. The van der Waals surface area contributed by atoms with E-state index in [4.69, 9.17) is 21.1 Å². The van der Waals surface area contributed by atoms with Crippen molar-refractivity contribution < 1.29 is 23.4 Å². The van der Waals surface area contributed by atoms with Crippen LogP contribution in [0.3, 0.4) is 0 Å². The minimum absolute atomic E-state index is 0.0665. The van der Waals surface area contributed by atoms with Crippen LogP contribution in [0.5, 0.6) is 11.5 Å². The van der Waals surface area contributed by atoms with Gasteiger partial charge in [-0.15, -0.1) is 11.6 Å². The van der Waals surface area contributed by atoms with E-state index in [1.165, 1.54) is 12.1 Å². The Hall–Kier alpha value is -3.41. The predicted octanol–water partition coefficient (Wildman–Crippen LogP) is 9.83. The molecule has 0 fully saturated rings. The second-order valence-electron chi connectivity index (χ2n) is 12.2. The maximum atomic E-state index is 14.3. The minimum Gasteiger partial charge on any atom is -0.497 e. The Labute approximate surface area is 254 Å². The number of hydrogen-bond donors (Lipinski definition) is 1. The summed E-state index contributed by atoms with van der Waals surface area (Å²) in [4.78, 5) is 0. The van der Waals surface area contributed by atoms with Gasteiger partial charge in [-0.1, -0.05) is 65.8 Å². The van der Waals surface area contributed by atoms with Crippen LogP contribution >= 0.6 is 11.6 Å². The number of aliphatic hydroxyl groups excluding tert-OH is 1. The van der Waals surface area contributed by atoms with Crippen LogP contribution in [0, 0.1) is 11.6 Å². The lowest BCUT2D eigenvalue weighted by Crippen LogP contribution is -2.13. The van der Waals surface area contributed by atoms with Gasteiger partial charge in [-0.25, -0.2) is 8.78 Å². The van der Waals surface area contributed by atoms with Gasteiger partial charge in [0.25, 0.3) is 0 Å². The number of halogens is 3. The highest BCUT2D eigenvalue weighted by Crippen LogP contribution is 2.38. The molecule has 6 heteroatoms. The average Bonchev–Trinajstić information content (AvgIpc) is 2.96. The Morgan fingerprint density at radius 1 is 0.595 bits per heavy atom. The summed E-state index contributed by atoms with van der Waals surface area (Å²) in [5, 5.41) is 9.35. The second-order valence-corrected chi connectivity index (χ2v) is 12.5. The molecular formula is C36H41ClF2O3. The van der Waals surface area contributed by atoms with E-state index >= 15 is 0 Å². The Bertz CT molecular complexity index is 1400. The van der Waals surface area contributed by atoms with Crippen molar-refractivity contribution >= 4 is 11.6 Å². The van der Waals surface area contributed by atoms with E-state index in [1.54, 1.807) is 38.5 Å². The van der Waals surface area contributed by atoms with E-state index in [2.05, 4.69) is 41.5 Å². The molecule has 1 N–H and O–H groups in total. The summed E-state index contributed by atoms with van der Waals surface area (Å²) < 4.78 is 39.0. The number of alkyl halides is 1. The molecule has 3 nitrogen and oxygen atoms in total. The van der Waals surface area contributed by atoms with Gasteiger partial charge in [0.2, 0.25) is 0 Å². The van der Waals surface area contributed by atoms with Gasteiger partial charge in [0, 0.05) is 17.0 Å². The summed E-state index contributed by atoms with van der Waals surface area (Å²) in [6.45, 7) is 12.5. The largest absolute Gasteiger partial charge is 0.497 e. The Morgan fingerprint density at radius 2 is 1.00 bits per heavy atom. The highest BCUT2D eigenvalue weighted by atomic mass is 35.5. The normalized spacial score (nSPS) is 11.5. The van der Waals surface area contributed by atoms with Crippen molar-refractivity contribution in [2.75, 3.05) is 14.2 Å². The Morgan fingerprint density at radius 3 is 1.36 bits per heavy atom. The molecule has 0 aliphatic heterocycles. The highest BCUT2D eigenvalue weighted by molar-refractivity contribution is 6.17. The van der Waals surface area contributed by atoms with Gasteiger partial charge in [-0.3, -0.25) is 0 Å². The first-order valence-corrected chi connectivity index (χ1v) is 14.4. The summed E-state index contributed by atoms with van der Waals surface area (Å²) in [6, 6.07) is 21.2. The minimum atomic E-state index is -0.295. The first kappa shape index (κ1) is 33.1. The van der Waals surface area contributed by atoms with Crippen molar-refractivity contribution in [3.05, 3.63) is 107 Å². The van der Waals surface area contributed by atoms with Gasteiger partial charge in [-0.05, 0) is 92.7 Å².